The fourth-order valence-electron chi connectivity index (χ4n) is 5.71. The van der Waals surface area contributed by atoms with Crippen LogP contribution < -0.4 is 9.04 Å². The summed E-state index contributed by atoms with van der Waals surface area (Å²) in [5, 5.41) is 0.765. The third kappa shape index (κ3) is 5.16. The SMILES string of the molecule is C/C(=N/C(=O)c1c(-c2ccc(F)cc2)oc2cc(N(C)S(C)(=O)=O)c(-c3ccc4c(n3)-c3cc5c(F)cccc5n3CO4)cc12)N(C)C. The number of amidine groups is 1. The predicted octanol–water partition coefficient (Wildman–Crippen LogP) is 6.93. The molecule has 7 rings (SSSR count). The molecule has 0 fully saturated rings. The second-order valence-corrected chi connectivity index (χ2v) is 13.7. The van der Waals surface area contributed by atoms with Gasteiger partial charge in [-0.15, -0.1) is 0 Å². The first kappa shape index (κ1) is 31.1. The molecule has 3 aromatic heterocycles. The fourth-order valence-corrected chi connectivity index (χ4v) is 6.22. The molecule has 0 radical (unpaired) electrons. The third-order valence-corrected chi connectivity index (χ3v) is 9.68. The highest BCUT2D eigenvalue weighted by molar-refractivity contribution is 7.92. The Morgan fingerprint density at radius 1 is 0.979 bits per heavy atom. The van der Waals surface area contributed by atoms with Crippen LogP contribution in [0.5, 0.6) is 5.75 Å². The maximum Gasteiger partial charge on any atom is 0.283 e. The van der Waals surface area contributed by atoms with E-state index in [1.807, 2.05) is 4.57 Å². The molecule has 0 atom stereocenters. The van der Waals surface area contributed by atoms with Crippen molar-refractivity contribution in [3.63, 3.8) is 0 Å². The van der Waals surface area contributed by atoms with Crippen LogP contribution in [0.1, 0.15) is 17.3 Å². The van der Waals surface area contributed by atoms with E-state index < -0.39 is 21.7 Å². The van der Waals surface area contributed by atoms with Gasteiger partial charge in [0.1, 0.15) is 40.3 Å². The van der Waals surface area contributed by atoms with Crippen LogP contribution in [-0.2, 0) is 16.8 Å². The van der Waals surface area contributed by atoms with Gasteiger partial charge in [0.2, 0.25) is 10.0 Å². The lowest BCUT2D eigenvalue weighted by molar-refractivity contribution is 0.100. The largest absolute Gasteiger partial charge is 0.470 e. The molecule has 10 nitrogen and oxygen atoms in total. The Balaban J connectivity index is 1.50. The van der Waals surface area contributed by atoms with Crippen LogP contribution in [-0.4, -0.2) is 62.0 Å². The molecule has 0 spiro atoms. The molecule has 1 amide bonds. The zero-order valence-electron chi connectivity index (χ0n) is 26.6. The zero-order chi connectivity index (χ0) is 34.1. The summed E-state index contributed by atoms with van der Waals surface area (Å²) < 4.78 is 69.6. The number of aliphatic imine (C=N–C) groups is 1. The Morgan fingerprint density at radius 3 is 2.44 bits per heavy atom. The van der Waals surface area contributed by atoms with Crippen molar-refractivity contribution in [3.05, 3.63) is 90.0 Å². The lowest BCUT2D eigenvalue weighted by Crippen LogP contribution is -2.25. The highest BCUT2D eigenvalue weighted by Crippen LogP contribution is 2.44. The van der Waals surface area contributed by atoms with Gasteiger partial charge in [0, 0.05) is 49.1 Å². The number of carbonyl (C=O) groups is 1. The number of halogens is 2. The number of amides is 1. The number of nitrogens with zero attached hydrogens (tertiary/aromatic N) is 5. The molecule has 0 saturated carbocycles. The van der Waals surface area contributed by atoms with Crippen LogP contribution in [0.25, 0.3) is 55.8 Å². The summed E-state index contributed by atoms with van der Waals surface area (Å²) in [5.41, 5.74) is 3.42. The van der Waals surface area contributed by atoms with Crippen LogP contribution in [0.3, 0.4) is 0 Å². The molecule has 3 aromatic carbocycles. The van der Waals surface area contributed by atoms with Crippen LogP contribution in [0.2, 0.25) is 0 Å². The van der Waals surface area contributed by atoms with Gasteiger partial charge in [0.15, 0.2) is 6.73 Å². The van der Waals surface area contributed by atoms with Crippen LogP contribution in [0, 0.1) is 11.6 Å². The summed E-state index contributed by atoms with van der Waals surface area (Å²) in [6.07, 6.45) is 1.07. The first-order valence-corrected chi connectivity index (χ1v) is 16.7. The Bertz CT molecular complexity index is 2430. The summed E-state index contributed by atoms with van der Waals surface area (Å²) in [6, 6.07) is 18.6. The number of carbonyl (C=O) groups excluding carboxylic acids is 1. The van der Waals surface area contributed by atoms with E-state index in [1.165, 1.54) is 43.4 Å². The normalized spacial score (nSPS) is 12.9. The average Bonchev–Trinajstić information content (AvgIpc) is 3.63. The molecule has 0 N–H and O–H groups in total. The number of ether oxygens (including phenoxy) is 1. The highest BCUT2D eigenvalue weighted by Gasteiger charge is 2.28. The first-order chi connectivity index (χ1) is 22.8. The van der Waals surface area contributed by atoms with Crippen molar-refractivity contribution >= 4 is 49.3 Å². The molecule has 48 heavy (non-hydrogen) atoms. The fraction of sp³-hybridized carbons (Fsp3) is 0.171. The van der Waals surface area contributed by atoms with E-state index in [-0.39, 0.29) is 35.1 Å². The van der Waals surface area contributed by atoms with E-state index in [2.05, 4.69) is 4.99 Å². The van der Waals surface area contributed by atoms with Gasteiger partial charge >= 0.3 is 0 Å². The Kier molecular flexibility index (Phi) is 7.31. The van der Waals surface area contributed by atoms with E-state index in [9.17, 15) is 22.0 Å². The highest BCUT2D eigenvalue weighted by atomic mass is 32.2. The summed E-state index contributed by atoms with van der Waals surface area (Å²) in [7, 11) is 1.13. The second kappa shape index (κ2) is 11.3. The number of hydrogen-bond acceptors (Lipinski definition) is 6. The molecule has 0 unspecified atom stereocenters. The van der Waals surface area contributed by atoms with Gasteiger partial charge in [-0.25, -0.2) is 22.2 Å². The second-order valence-electron chi connectivity index (χ2n) is 11.7. The standard InChI is InChI=1S/C35H29F2N5O5S/c1-19(40(2)3)38-35(43)32-24-15-23(28(41(4)48(5,44)45)17-31(24)47-34(32)20-9-11-21(36)12-10-20)26-13-14-30-33(39-26)29-16-22-25(37)7-6-8-27(22)42(29)18-46-30/h6-17H,18H2,1-5H3/b38-19-. The summed E-state index contributed by atoms with van der Waals surface area (Å²) in [5.74, 6) is -0.388. The minimum atomic E-state index is -3.79. The summed E-state index contributed by atoms with van der Waals surface area (Å²) in [6.45, 7) is 1.84. The topological polar surface area (TPSA) is 110 Å². The van der Waals surface area contributed by atoms with Gasteiger partial charge in [0.25, 0.3) is 5.91 Å². The van der Waals surface area contributed by atoms with Gasteiger partial charge in [0.05, 0.1) is 34.4 Å². The van der Waals surface area contributed by atoms with Crippen molar-refractivity contribution < 1.29 is 31.1 Å². The number of hydrogen-bond donors (Lipinski definition) is 0. The van der Waals surface area contributed by atoms with Gasteiger partial charge in [-0.3, -0.25) is 9.10 Å². The number of aromatic nitrogens is 2. The number of furan rings is 1. The maximum atomic E-state index is 14.8. The number of fused-ring (bicyclic) bond motifs is 6. The monoisotopic (exact) mass is 669 g/mol. The van der Waals surface area contributed by atoms with Crippen molar-refractivity contribution in [2.75, 3.05) is 31.7 Å². The molecule has 244 valence electrons. The lowest BCUT2D eigenvalue weighted by Gasteiger charge is -2.23. The zero-order valence-corrected chi connectivity index (χ0v) is 27.4. The van der Waals surface area contributed by atoms with E-state index in [0.29, 0.717) is 56.1 Å². The van der Waals surface area contributed by atoms with E-state index in [4.69, 9.17) is 14.1 Å². The molecular weight excluding hydrogens is 640 g/mol. The molecule has 4 heterocycles. The molecule has 0 saturated heterocycles. The minimum Gasteiger partial charge on any atom is -0.470 e. The number of rotatable bonds is 5. The van der Waals surface area contributed by atoms with Crippen molar-refractivity contribution in [2.24, 2.45) is 4.99 Å². The summed E-state index contributed by atoms with van der Waals surface area (Å²) >= 11 is 0. The van der Waals surface area contributed by atoms with Gasteiger partial charge in [-0.05, 0) is 67.6 Å². The predicted molar refractivity (Wildman–Crippen MR) is 181 cm³/mol. The van der Waals surface area contributed by atoms with Crippen LogP contribution in [0.4, 0.5) is 14.5 Å². The van der Waals surface area contributed by atoms with Gasteiger partial charge in [-0.2, -0.15) is 4.99 Å². The summed E-state index contributed by atoms with van der Waals surface area (Å²) in [4.78, 5) is 24.7. The van der Waals surface area contributed by atoms with E-state index in [0.717, 1.165) is 10.6 Å². The molecule has 1 aliphatic heterocycles. The average molecular weight is 670 g/mol. The quantitative estimate of drug-likeness (QED) is 0.145. The molecule has 6 aromatic rings. The third-order valence-electron chi connectivity index (χ3n) is 8.49. The number of sulfonamides is 1. The number of anilines is 1. The maximum absolute atomic E-state index is 14.8. The van der Waals surface area contributed by atoms with E-state index >= 15 is 0 Å². The molecular formula is C35H29F2N5O5S. The minimum absolute atomic E-state index is 0.115. The van der Waals surface area contributed by atoms with Gasteiger partial charge in [-0.1, -0.05) is 6.07 Å². The van der Waals surface area contributed by atoms with Crippen LogP contribution >= 0.6 is 0 Å². The lowest BCUT2D eigenvalue weighted by atomic mass is 10.0. The molecule has 0 bridgehead atoms. The van der Waals surface area contributed by atoms with Crippen molar-refractivity contribution in [1.29, 1.82) is 0 Å². The molecule has 1 aliphatic rings. The molecule has 13 heteroatoms. The smallest absolute Gasteiger partial charge is 0.283 e. The Morgan fingerprint density at radius 2 is 1.73 bits per heavy atom. The van der Waals surface area contributed by atoms with Crippen LogP contribution in [0.15, 0.2) is 82.2 Å². The van der Waals surface area contributed by atoms with Crippen molar-refractivity contribution in [1.82, 2.24) is 14.5 Å². The van der Waals surface area contributed by atoms with Crippen molar-refractivity contribution in [2.45, 2.75) is 13.7 Å². The number of pyridine rings is 1. The van der Waals surface area contributed by atoms with E-state index in [1.54, 1.807) is 62.3 Å². The first-order valence-electron chi connectivity index (χ1n) is 14.8. The molecule has 0 aliphatic carbocycles. The Hall–Kier alpha value is -5.56. The van der Waals surface area contributed by atoms with Crippen molar-refractivity contribution in [3.8, 4) is 39.7 Å². The van der Waals surface area contributed by atoms with Gasteiger partial charge < -0.3 is 18.6 Å². The number of benzene rings is 3. The Labute approximate surface area is 274 Å².